The van der Waals surface area contributed by atoms with Gasteiger partial charge in [-0.05, 0) is 55.9 Å². The Morgan fingerprint density at radius 2 is 2.13 bits per heavy atom. The Balaban J connectivity index is 1.32. The third-order valence-electron chi connectivity index (χ3n) is 6.64. The molecule has 3 aromatic rings. The summed E-state index contributed by atoms with van der Waals surface area (Å²) < 4.78 is 25.4. The predicted octanol–water partition coefficient (Wildman–Crippen LogP) is 5.56. The number of carbonyl (C=O) groups is 1. The van der Waals surface area contributed by atoms with Crippen LogP contribution in [-0.2, 0) is 9.53 Å². The third-order valence-corrected chi connectivity index (χ3v) is 6.93. The Morgan fingerprint density at radius 3 is 2.89 bits per heavy atom. The molecule has 2 N–H and O–H groups in total. The monoisotopic (exact) mass is 539 g/mol. The summed E-state index contributed by atoms with van der Waals surface area (Å²) in [5, 5.41) is 7.34. The molecule has 200 valence electrons. The van der Waals surface area contributed by atoms with Crippen molar-refractivity contribution >= 4 is 45.6 Å². The highest BCUT2D eigenvalue weighted by atomic mass is 35.5. The minimum Gasteiger partial charge on any atom is -0.491 e. The Bertz CT molecular complexity index is 1330. The fraction of sp³-hybridized carbons (Fsp3) is 0.393. The van der Waals surface area contributed by atoms with Crippen LogP contribution in [0.5, 0.6) is 5.75 Å². The van der Waals surface area contributed by atoms with Crippen molar-refractivity contribution in [2.45, 2.75) is 31.8 Å². The first-order valence-electron chi connectivity index (χ1n) is 12.9. The van der Waals surface area contributed by atoms with Gasteiger partial charge in [0.1, 0.15) is 23.7 Å². The van der Waals surface area contributed by atoms with E-state index >= 15 is 0 Å². The molecule has 2 heterocycles. The van der Waals surface area contributed by atoms with Gasteiger partial charge < -0.3 is 25.0 Å². The van der Waals surface area contributed by atoms with Crippen molar-refractivity contribution in [3.8, 4) is 5.75 Å². The van der Waals surface area contributed by atoms with Crippen LogP contribution < -0.4 is 15.4 Å². The average Bonchev–Trinajstić information content (AvgIpc) is 3.61. The van der Waals surface area contributed by atoms with Gasteiger partial charge in [-0.1, -0.05) is 17.7 Å². The van der Waals surface area contributed by atoms with E-state index in [1.54, 1.807) is 30.2 Å². The maximum absolute atomic E-state index is 13.6. The van der Waals surface area contributed by atoms with Gasteiger partial charge in [-0.15, -0.1) is 0 Å². The minimum absolute atomic E-state index is 0.0224. The van der Waals surface area contributed by atoms with E-state index in [9.17, 15) is 9.18 Å². The van der Waals surface area contributed by atoms with E-state index in [1.165, 1.54) is 31.3 Å². The summed E-state index contributed by atoms with van der Waals surface area (Å²) in [7, 11) is 1.79. The summed E-state index contributed by atoms with van der Waals surface area (Å²) in [6.07, 6.45) is 9.34. The largest absolute Gasteiger partial charge is 0.491 e. The molecule has 1 aliphatic carbocycles. The van der Waals surface area contributed by atoms with Gasteiger partial charge in [-0.3, -0.25) is 4.79 Å². The number of carbonyl (C=O) groups excluding carboxylic acids is 1. The summed E-state index contributed by atoms with van der Waals surface area (Å²) in [5.41, 5.74) is 2.07. The first kappa shape index (κ1) is 26.2. The number of nitrogens with zero attached hydrogens (tertiary/aromatic N) is 3. The lowest BCUT2D eigenvalue weighted by atomic mass is 10.1. The van der Waals surface area contributed by atoms with Crippen LogP contribution in [0.3, 0.4) is 0 Å². The van der Waals surface area contributed by atoms with E-state index in [0.29, 0.717) is 48.4 Å². The maximum atomic E-state index is 13.6. The second-order valence-electron chi connectivity index (χ2n) is 9.73. The lowest BCUT2D eigenvalue weighted by Crippen LogP contribution is -2.32. The van der Waals surface area contributed by atoms with Gasteiger partial charge in [0.05, 0.1) is 28.9 Å². The van der Waals surface area contributed by atoms with Crippen molar-refractivity contribution in [3.63, 3.8) is 0 Å². The summed E-state index contributed by atoms with van der Waals surface area (Å²) in [4.78, 5) is 23.0. The smallest absolute Gasteiger partial charge is 0.246 e. The molecule has 1 atom stereocenters. The van der Waals surface area contributed by atoms with Crippen molar-refractivity contribution < 1.29 is 18.7 Å². The van der Waals surface area contributed by atoms with Crippen LogP contribution in [0.2, 0.25) is 5.02 Å². The molecular weight excluding hydrogens is 509 g/mol. The first-order valence-corrected chi connectivity index (χ1v) is 13.2. The number of fused-ring (bicyclic) bond motifs is 1. The van der Waals surface area contributed by atoms with Crippen LogP contribution in [0.15, 0.2) is 48.8 Å². The molecule has 2 aromatic carbocycles. The van der Waals surface area contributed by atoms with Crippen LogP contribution in [0, 0.1) is 11.7 Å². The fourth-order valence-electron chi connectivity index (χ4n) is 4.28. The van der Waals surface area contributed by atoms with Gasteiger partial charge >= 0.3 is 0 Å². The molecule has 8 nitrogen and oxygen atoms in total. The molecule has 1 saturated heterocycles. The van der Waals surface area contributed by atoms with E-state index in [0.717, 1.165) is 30.5 Å². The topological polar surface area (TPSA) is 88.6 Å². The van der Waals surface area contributed by atoms with Crippen LogP contribution in [0.4, 0.5) is 21.6 Å². The number of hydrogen-bond acceptors (Lipinski definition) is 7. The van der Waals surface area contributed by atoms with Gasteiger partial charge in [0.2, 0.25) is 5.91 Å². The van der Waals surface area contributed by atoms with E-state index in [1.807, 2.05) is 12.1 Å². The molecule has 2 aliphatic rings. The molecule has 1 aromatic heterocycles. The number of ether oxygens (including phenoxy) is 2. The molecule has 1 aliphatic heterocycles. The lowest BCUT2D eigenvalue weighted by molar-refractivity contribution is -0.126. The quantitative estimate of drug-likeness (QED) is 0.308. The highest BCUT2D eigenvalue weighted by Crippen LogP contribution is 2.36. The number of hydrogen-bond donors (Lipinski definition) is 2. The van der Waals surface area contributed by atoms with Crippen molar-refractivity contribution in [1.29, 1.82) is 0 Å². The molecule has 1 unspecified atom stereocenters. The van der Waals surface area contributed by atoms with Gasteiger partial charge in [-0.25, -0.2) is 14.4 Å². The summed E-state index contributed by atoms with van der Waals surface area (Å²) in [6, 6.07) is 8.21. The highest BCUT2D eigenvalue weighted by molar-refractivity contribution is 6.31. The van der Waals surface area contributed by atoms with Crippen LogP contribution >= 0.6 is 11.6 Å². The molecule has 5 rings (SSSR count). The maximum Gasteiger partial charge on any atom is 0.246 e. The van der Waals surface area contributed by atoms with E-state index in [4.69, 9.17) is 21.1 Å². The molecule has 1 saturated carbocycles. The van der Waals surface area contributed by atoms with Gasteiger partial charge in [0.15, 0.2) is 0 Å². The number of anilines is 3. The highest BCUT2D eigenvalue weighted by Gasteiger charge is 2.23. The number of amides is 1. The number of likely N-dealkylation sites (N-methyl/N-ethyl adjacent to an activating group) is 1. The normalized spacial score (nSPS) is 17.2. The molecule has 0 radical (unpaired) electrons. The standard InChI is InChI=1S/C28H31ClFN5O3/c1-35(15-20-4-3-11-37-20)27(36)5-2-10-31-25-13-21-24(14-26(25)38-16-18-6-7-18)32-17-33-28(21)34-19-8-9-23(30)22(29)12-19/h2,5,8-9,12-14,17-18,20,31H,3-4,6-7,10-11,15-16H2,1H3,(H,32,33,34). The number of nitrogens with one attached hydrogen (secondary N) is 2. The fourth-order valence-corrected chi connectivity index (χ4v) is 4.46. The number of halogens is 2. The second kappa shape index (κ2) is 12.0. The summed E-state index contributed by atoms with van der Waals surface area (Å²) in [6.45, 7) is 2.43. The van der Waals surface area contributed by atoms with Gasteiger partial charge in [0.25, 0.3) is 0 Å². The summed E-state index contributed by atoms with van der Waals surface area (Å²) >= 11 is 5.95. The first-order chi connectivity index (χ1) is 18.5. The van der Waals surface area contributed by atoms with E-state index < -0.39 is 5.82 Å². The third kappa shape index (κ3) is 6.71. The number of aromatic nitrogens is 2. The van der Waals surface area contributed by atoms with Crippen LogP contribution in [0.25, 0.3) is 10.9 Å². The predicted molar refractivity (Wildman–Crippen MR) is 147 cm³/mol. The minimum atomic E-state index is -0.488. The molecule has 1 amide bonds. The summed E-state index contributed by atoms with van der Waals surface area (Å²) in [5.74, 6) is 1.27. The SMILES string of the molecule is CN(CC1CCCO1)C(=O)C=CCNc1cc2c(Nc3ccc(F)c(Cl)c3)ncnc2cc1OCC1CC1. The van der Waals surface area contributed by atoms with Crippen LogP contribution in [-0.4, -0.2) is 60.2 Å². The zero-order chi connectivity index (χ0) is 26.5. The van der Waals surface area contributed by atoms with Gasteiger partial charge in [0, 0.05) is 50.0 Å². The lowest BCUT2D eigenvalue weighted by Gasteiger charge is -2.19. The molecule has 10 heteroatoms. The van der Waals surface area contributed by atoms with Gasteiger partial charge in [-0.2, -0.15) is 0 Å². The van der Waals surface area contributed by atoms with Crippen molar-refractivity contribution in [1.82, 2.24) is 14.9 Å². The molecular formula is C28H31ClFN5O3. The molecule has 0 spiro atoms. The second-order valence-corrected chi connectivity index (χ2v) is 10.1. The van der Waals surface area contributed by atoms with Crippen molar-refractivity contribution in [2.75, 3.05) is 44.0 Å². The Hall–Kier alpha value is -3.43. The zero-order valence-electron chi connectivity index (χ0n) is 21.3. The Labute approximate surface area is 226 Å². The number of rotatable bonds is 11. The average molecular weight is 540 g/mol. The molecule has 2 fully saturated rings. The Morgan fingerprint density at radius 1 is 1.26 bits per heavy atom. The van der Waals surface area contributed by atoms with E-state index in [2.05, 4.69) is 20.6 Å². The van der Waals surface area contributed by atoms with Crippen LogP contribution in [0.1, 0.15) is 25.7 Å². The zero-order valence-corrected chi connectivity index (χ0v) is 22.0. The molecule has 0 bridgehead atoms. The van der Waals surface area contributed by atoms with Crippen molar-refractivity contribution in [3.05, 3.63) is 59.7 Å². The molecule has 38 heavy (non-hydrogen) atoms. The van der Waals surface area contributed by atoms with Crippen molar-refractivity contribution in [2.24, 2.45) is 5.92 Å². The Kier molecular flexibility index (Phi) is 8.24. The van der Waals surface area contributed by atoms with E-state index in [-0.39, 0.29) is 17.0 Å². The number of benzene rings is 2.